The Morgan fingerprint density at radius 3 is 2.40 bits per heavy atom. The fourth-order valence-corrected chi connectivity index (χ4v) is 3.15. The second-order valence-corrected chi connectivity index (χ2v) is 7.98. The Labute approximate surface area is 154 Å². The number of ether oxygens (including phenoxy) is 1. The third kappa shape index (κ3) is 5.63. The van der Waals surface area contributed by atoms with Crippen LogP contribution in [0.15, 0.2) is 24.3 Å². The number of hydrogen-bond donors (Lipinski definition) is 0. The molecule has 1 aliphatic rings. The van der Waals surface area contributed by atoms with E-state index in [4.69, 9.17) is 16.3 Å². The van der Waals surface area contributed by atoms with E-state index in [1.54, 1.807) is 29.0 Å². The molecule has 5 nitrogen and oxygen atoms in total. The van der Waals surface area contributed by atoms with Crippen LogP contribution in [0.25, 0.3) is 0 Å². The van der Waals surface area contributed by atoms with E-state index in [1.165, 1.54) is 0 Å². The van der Waals surface area contributed by atoms with E-state index >= 15 is 0 Å². The zero-order chi connectivity index (χ0) is 18.6. The van der Waals surface area contributed by atoms with Gasteiger partial charge in [-0.05, 0) is 51.7 Å². The SMILES string of the molecule is CN(CC1CCN(C(=O)OC(C)(C)C)CC1)C(=O)c1ccccc1Cl. The highest BCUT2D eigenvalue weighted by Crippen LogP contribution is 2.22. The molecule has 0 atom stereocenters. The Kier molecular flexibility index (Phi) is 6.33. The summed E-state index contributed by atoms with van der Waals surface area (Å²) in [4.78, 5) is 28.1. The lowest BCUT2D eigenvalue weighted by Gasteiger charge is -2.34. The van der Waals surface area contributed by atoms with Crippen molar-refractivity contribution in [1.29, 1.82) is 0 Å². The topological polar surface area (TPSA) is 49.9 Å². The summed E-state index contributed by atoms with van der Waals surface area (Å²) in [6, 6.07) is 7.09. The summed E-state index contributed by atoms with van der Waals surface area (Å²) < 4.78 is 5.41. The highest BCUT2D eigenvalue weighted by atomic mass is 35.5. The zero-order valence-electron chi connectivity index (χ0n) is 15.4. The molecule has 1 saturated heterocycles. The average molecular weight is 367 g/mol. The predicted octanol–water partition coefficient (Wildman–Crippen LogP) is 4.06. The second-order valence-electron chi connectivity index (χ2n) is 7.58. The van der Waals surface area contributed by atoms with Crippen LogP contribution in [0.3, 0.4) is 0 Å². The molecule has 0 aromatic heterocycles. The summed E-state index contributed by atoms with van der Waals surface area (Å²) >= 11 is 6.11. The molecule has 138 valence electrons. The van der Waals surface area contributed by atoms with Crippen LogP contribution in [0.4, 0.5) is 4.79 Å². The largest absolute Gasteiger partial charge is 0.444 e. The maximum absolute atomic E-state index is 12.5. The van der Waals surface area contributed by atoms with Crippen molar-refractivity contribution in [2.24, 2.45) is 5.92 Å². The molecule has 0 unspecified atom stereocenters. The van der Waals surface area contributed by atoms with Crippen LogP contribution in [-0.2, 0) is 4.74 Å². The molecule has 2 rings (SSSR count). The zero-order valence-corrected chi connectivity index (χ0v) is 16.2. The van der Waals surface area contributed by atoms with Gasteiger partial charge < -0.3 is 14.5 Å². The molecule has 25 heavy (non-hydrogen) atoms. The minimum atomic E-state index is -0.477. The molecule has 1 aromatic carbocycles. The minimum Gasteiger partial charge on any atom is -0.444 e. The number of likely N-dealkylation sites (tertiary alicyclic amines) is 1. The summed E-state index contributed by atoms with van der Waals surface area (Å²) in [6.45, 7) is 7.58. The van der Waals surface area contributed by atoms with Crippen LogP contribution in [0.1, 0.15) is 44.0 Å². The molecule has 1 fully saturated rings. The first-order valence-corrected chi connectivity index (χ1v) is 9.03. The Morgan fingerprint density at radius 1 is 1.24 bits per heavy atom. The second kappa shape index (κ2) is 8.09. The Morgan fingerprint density at radius 2 is 1.84 bits per heavy atom. The number of nitrogens with zero attached hydrogens (tertiary/aromatic N) is 2. The van der Waals surface area contributed by atoms with Gasteiger partial charge in [0.25, 0.3) is 5.91 Å². The summed E-state index contributed by atoms with van der Waals surface area (Å²) in [7, 11) is 1.80. The number of carbonyl (C=O) groups excluding carboxylic acids is 2. The fourth-order valence-electron chi connectivity index (χ4n) is 2.94. The van der Waals surface area contributed by atoms with E-state index in [2.05, 4.69) is 0 Å². The molecule has 0 aliphatic carbocycles. The van der Waals surface area contributed by atoms with Crippen molar-refractivity contribution in [3.05, 3.63) is 34.9 Å². The van der Waals surface area contributed by atoms with Crippen LogP contribution in [0.5, 0.6) is 0 Å². The van der Waals surface area contributed by atoms with Crippen LogP contribution in [-0.4, -0.2) is 54.1 Å². The van der Waals surface area contributed by atoms with Crippen LogP contribution in [0, 0.1) is 5.92 Å². The van der Waals surface area contributed by atoms with Crippen LogP contribution in [0.2, 0.25) is 5.02 Å². The number of amides is 2. The number of piperidine rings is 1. The van der Waals surface area contributed by atoms with Gasteiger partial charge in [0.05, 0.1) is 10.6 Å². The normalized spacial score (nSPS) is 15.8. The van der Waals surface area contributed by atoms with Crippen molar-refractivity contribution in [3.63, 3.8) is 0 Å². The number of rotatable bonds is 3. The quantitative estimate of drug-likeness (QED) is 0.810. The summed E-state index contributed by atoms with van der Waals surface area (Å²) in [5.41, 5.74) is 0.0491. The molecule has 0 radical (unpaired) electrons. The van der Waals surface area contributed by atoms with Gasteiger partial charge in [-0.1, -0.05) is 23.7 Å². The predicted molar refractivity (Wildman–Crippen MR) is 98.9 cm³/mol. The molecule has 6 heteroatoms. The van der Waals surface area contributed by atoms with Crippen molar-refractivity contribution in [3.8, 4) is 0 Å². The van der Waals surface area contributed by atoms with Crippen molar-refractivity contribution in [2.75, 3.05) is 26.7 Å². The first kappa shape index (κ1) is 19.6. The highest BCUT2D eigenvalue weighted by molar-refractivity contribution is 6.33. The summed E-state index contributed by atoms with van der Waals surface area (Å²) in [6.07, 6.45) is 1.46. The maximum Gasteiger partial charge on any atom is 0.410 e. The third-order valence-corrected chi connectivity index (χ3v) is 4.58. The standard InChI is InChI=1S/C19H27ClN2O3/c1-19(2,3)25-18(24)22-11-9-14(10-12-22)13-21(4)17(23)15-7-5-6-8-16(15)20/h5-8,14H,9-13H2,1-4H3. The molecule has 0 spiro atoms. The summed E-state index contributed by atoms with van der Waals surface area (Å²) in [5.74, 6) is 0.301. The van der Waals surface area contributed by atoms with Gasteiger partial charge in [-0.3, -0.25) is 4.79 Å². The van der Waals surface area contributed by atoms with Crippen molar-refractivity contribution in [1.82, 2.24) is 9.80 Å². The van der Waals surface area contributed by atoms with E-state index in [-0.39, 0.29) is 12.0 Å². The molecule has 0 N–H and O–H groups in total. The van der Waals surface area contributed by atoms with Crippen molar-refractivity contribution in [2.45, 2.75) is 39.2 Å². The molecular weight excluding hydrogens is 340 g/mol. The molecular formula is C19H27ClN2O3. The monoisotopic (exact) mass is 366 g/mol. The molecule has 1 heterocycles. The maximum atomic E-state index is 12.5. The first-order chi connectivity index (χ1) is 11.7. The Balaban J connectivity index is 1.84. The first-order valence-electron chi connectivity index (χ1n) is 8.65. The van der Waals surface area contributed by atoms with E-state index in [0.29, 0.717) is 36.1 Å². The Hall–Kier alpha value is -1.75. The van der Waals surface area contributed by atoms with Gasteiger partial charge in [-0.2, -0.15) is 0 Å². The molecule has 1 aromatic rings. The van der Waals surface area contributed by atoms with Crippen molar-refractivity contribution < 1.29 is 14.3 Å². The van der Waals surface area contributed by atoms with E-state index in [1.807, 2.05) is 32.9 Å². The number of carbonyl (C=O) groups is 2. The van der Waals surface area contributed by atoms with Crippen LogP contribution >= 0.6 is 11.6 Å². The average Bonchev–Trinajstić information content (AvgIpc) is 2.53. The lowest BCUT2D eigenvalue weighted by molar-refractivity contribution is 0.0171. The smallest absolute Gasteiger partial charge is 0.410 e. The Bertz CT molecular complexity index is 619. The van der Waals surface area contributed by atoms with Gasteiger partial charge in [0.2, 0.25) is 0 Å². The van der Waals surface area contributed by atoms with E-state index in [0.717, 1.165) is 12.8 Å². The van der Waals surface area contributed by atoms with Gasteiger partial charge >= 0.3 is 6.09 Å². The summed E-state index contributed by atoms with van der Waals surface area (Å²) in [5, 5.41) is 0.471. The lowest BCUT2D eigenvalue weighted by Crippen LogP contribution is -2.44. The van der Waals surface area contributed by atoms with Gasteiger partial charge in [0.1, 0.15) is 5.60 Å². The van der Waals surface area contributed by atoms with Crippen LogP contribution < -0.4 is 0 Å². The lowest BCUT2D eigenvalue weighted by atomic mass is 9.96. The molecule has 0 saturated carbocycles. The van der Waals surface area contributed by atoms with Gasteiger partial charge in [-0.15, -0.1) is 0 Å². The number of hydrogen-bond acceptors (Lipinski definition) is 3. The molecule has 1 aliphatic heterocycles. The number of halogens is 1. The number of benzene rings is 1. The fraction of sp³-hybridized carbons (Fsp3) is 0.579. The molecule has 2 amide bonds. The van der Waals surface area contributed by atoms with E-state index < -0.39 is 5.60 Å². The molecule has 0 bridgehead atoms. The van der Waals surface area contributed by atoms with Gasteiger partial charge in [0, 0.05) is 26.7 Å². The third-order valence-electron chi connectivity index (χ3n) is 4.25. The van der Waals surface area contributed by atoms with Gasteiger partial charge in [0.15, 0.2) is 0 Å². The highest BCUT2D eigenvalue weighted by Gasteiger charge is 2.28. The van der Waals surface area contributed by atoms with E-state index in [9.17, 15) is 9.59 Å². The van der Waals surface area contributed by atoms with Gasteiger partial charge in [-0.25, -0.2) is 4.79 Å². The van der Waals surface area contributed by atoms with Crippen molar-refractivity contribution >= 4 is 23.6 Å². The minimum absolute atomic E-state index is 0.0693.